The number of aromatic nitrogens is 1. The van der Waals surface area contributed by atoms with E-state index < -0.39 is 0 Å². The average molecular weight is 532 g/mol. The number of pyridine rings is 1. The molecule has 38 heavy (non-hydrogen) atoms. The van der Waals surface area contributed by atoms with Crippen LogP contribution in [0.5, 0.6) is 11.5 Å². The summed E-state index contributed by atoms with van der Waals surface area (Å²) in [5, 5.41) is 17.0. The van der Waals surface area contributed by atoms with E-state index in [4.69, 9.17) is 16.3 Å². The van der Waals surface area contributed by atoms with E-state index >= 15 is 0 Å². The highest BCUT2D eigenvalue weighted by Crippen LogP contribution is 2.36. The molecule has 1 aliphatic rings. The molecule has 3 aromatic rings. The Morgan fingerprint density at radius 1 is 1.11 bits per heavy atom. The molecule has 0 saturated carbocycles. The summed E-state index contributed by atoms with van der Waals surface area (Å²) in [5.74, 6) is 1.38. The molecule has 2 N–H and O–H groups in total. The first-order valence-corrected chi connectivity index (χ1v) is 13.0. The Hall–Kier alpha value is -3.60. The molecule has 2 aromatic carbocycles. The van der Waals surface area contributed by atoms with Gasteiger partial charge in [0.15, 0.2) is 0 Å². The van der Waals surface area contributed by atoms with Crippen LogP contribution in [0.1, 0.15) is 56.5 Å². The molecule has 2 heterocycles. The maximum atomic E-state index is 13.0. The van der Waals surface area contributed by atoms with Gasteiger partial charge in [-0.25, -0.2) is 4.98 Å². The van der Waals surface area contributed by atoms with Crippen LogP contribution < -0.4 is 20.3 Å². The van der Waals surface area contributed by atoms with E-state index in [2.05, 4.69) is 49.4 Å². The summed E-state index contributed by atoms with van der Waals surface area (Å²) >= 11 is 6.54. The molecule has 1 saturated heterocycles. The lowest BCUT2D eigenvalue weighted by Crippen LogP contribution is -2.62. The van der Waals surface area contributed by atoms with Gasteiger partial charge in [0.2, 0.25) is 0 Å². The van der Waals surface area contributed by atoms with Gasteiger partial charge in [0.25, 0.3) is 5.91 Å². The number of halogens is 1. The van der Waals surface area contributed by atoms with Crippen LogP contribution in [0, 0.1) is 11.3 Å². The first kappa shape index (κ1) is 27.4. The van der Waals surface area contributed by atoms with Crippen molar-refractivity contribution in [2.24, 2.45) is 0 Å². The highest BCUT2D eigenvalue weighted by Gasteiger charge is 2.38. The van der Waals surface area contributed by atoms with Gasteiger partial charge in [-0.1, -0.05) is 23.7 Å². The lowest BCUT2D eigenvalue weighted by molar-refractivity contribution is 0.0873. The van der Waals surface area contributed by atoms with Crippen LogP contribution in [0.25, 0.3) is 11.1 Å². The van der Waals surface area contributed by atoms with Crippen molar-refractivity contribution in [2.45, 2.75) is 57.7 Å². The maximum absolute atomic E-state index is 13.0. The number of anilines is 1. The van der Waals surface area contributed by atoms with Crippen LogP contribution in [0.4, 0.5) is 5.82 Å². The molecular weight excluding hydrogens is 498 g/mol. The number of nitriles is 1. The minimum Gasteiger partial charge on any atom is -0.454 e. The number of carbonyl (C=O) groups is 1. The minimum atomic E-state index is -0.176. The van der Waals surface area contributed by atoms with Crippen LogP contribution in [0.2, 0.25) is 5.02 Å². The Labute approximate surface area is 229 Å². The number of piperidine rings is 1. The van der Waals surface area contributed by atoms with Crippen molar-refractivity contribution in [3.05, 3.63) is 70.9 Å². The molecule has 0 radical (unpaired) electrons. The summed E-state index contributed by atoms with van der Waals surface area (Å²) in [4.78, 5) is 19.4. The maximum Gasteiger partial charge on any atom is 0.251 e. The zero-order valence-corrected chi connectivity index (χ0v) is 23.5. The summed E-state index contributed by atoms with van der Waals surface area (Å²) < 4.78 is 6.07. The van der Waals surface area contributed by atoms with Gasteiger partial charge in [0.05, 0.1) is 5.02 Å². The lowest BCUT2D eigenvalue weighted by atomic mass is 9.79. The van der Waals surface area contributed by atoms with Gasteiger partial charge in [0.1, 0.15) is 28.9 Å². The predicted octanol–water partition coefficient (Wildman–Crippen LogP) is 6.17. The first-order chi connectivity index (χ1) is 17.9. The minimum absolute atomic E-state index is 0.0469. The van der Waals surface area contributed by atoms with E-state index in [0.717, 1.165) is 24.2 Å². The van der Waals surface area contributed by atoms with Gasteiger partial charge < -0.3 is 20.3 Å². The molecule has 0 atom stereocenters. The molecule has 4 rings (SSSR count). The fraction of sp³-hybridized carbons (Fsp3) is 0.367. The molecule has 0 bridgehead atoms. The molecule has 1 fully saturated rings. The van der Waals surface area contributed by atoms with Crippen molar-refractivity contribution in [1.82, 2.24) is 15.6 Å². The quantitative estimate of drug-likeness (QED) is 0.395. The Kier molecular flexibility index (Phi) is 7.68. The van der Waals surface area contributed by atoms with E-state index in [1.165, 1.54) is 0 Å². The summed E-state index contributed by atoms with van der Waals surface area (Å²) in [5.41, 5.74) is 2.19. The third kappa shape index (κ3) is 6.27. The SMILES string of the molecule is CN(C)c1ccc(-c2cccc(Oc3ccc(C(=O)NC4CC(C)(C)NC(C)(C)C4)cc3Cl)c2C#N)cn1. The Morgan fingerprint density at radius 3 is 2.39 bits per heavy atom. The predicted molar refractivity (Wildman–Crippen MR) is 152 cm³/mol. The molecule has 7 nitrogen and oxygen atoms in total. The molecule has 0 aliphatic carbocycles. The van der Waals surface area contributed by atoms with Gasteiger partial charge in [-0.15, -0.1) is 0 Å². The van der Waals surface area contributed by atoms with Crippen LogP contribution >= 0.6 is 11.6 Å². The number of benzene rings is 2. The van der Waals surface area contributed by atoms with Gasteiger partial charge >= 0.3 is 0 Å². The first-order valence-electron chi connectivity index (χ1n) is 12.6. The van der Waals surface area contributed by atoms with Gasteiger partial charge in [0, 0.05) is 54.1 Å². The van der Waals surface area contributed by atoms with E-state index in [1.807, 2.05) is 43.3 Å². The Balaban J connectivity index is 1.53. The van der Waals surface area contributed by atoms with E-state index in [9.17, 15) is 10.1 Å². The van der Waals surface area contributed by atoms with Crippen molar-refractivity contribution in [1.29, 1.82) is 5.26 Å². The number of hydrogen-bond acceptors (Lipinski definition) is 6. The largest absolute Gasteiger partial charge is 0.454 e. The van der Waals surface area contributed by atoms with E-state index in [1.54, 1.807) is 30.5 Å². The number of amides is 1. The third-order valence-corrected chi connectivity index (χ3v) is 6.89. The monoisotopic (exact) mass is 531 g/mol. The second-order valence-corrected chi connectivity index (χ2v) is 11.7. The van der Waals surface area contributed by atoms with Gasteiger partial charge in [-0.05, 0) is 76.9 Å². The normalized spacial score (nSPS) is 16.4. The number of nitrogens with zero attached hydrogens (tertiary/aromatic N) is 3. The number of rotatable bonds is 6. The highest BCUT2D eigenvalue weighted by atomic mass is 35.5. The van der Waals surface area contributed by atoms with Crippen molar-refractivity contribution in [3.63, 3.8) is 0 Å². The summed E-state index contributed by atoms with van der Waals surface area (Å²) in [6, 6.07) is 16.5. The van der Waals surface area contributed by atoms with Crippen LogP contribution in [0.15, 0.2) is 54.7 Å². The fourth-order valence-corrected chi connectivity index (χ4v) is 5.54. The Bertz CT molecular complexity index is 1360. The van der Waals surface area contributed by atoms with E-state index in [0.29, 0.717) is 28.2 Å². The number of hydrogen-bond donors (Lipinski definition) is 2. The fourth-order valence-electron chi connectivity index (χ4n) is 5.32. The second kappa shape index (κ2) is 10.6. The Morgan fingerprint density at radius 2 is 1.82 bits per heavy atom. The average Bonchev–Trinajstić information content (AvgIpc) is 2.83. The standard InChI is InChI=1S/C30H34ClN5O2/c1-29(2)15-21(16-30(3,4)35-29)34-28(37)19-10-12-26(24(31)14-19)38-25-9-7-8-22(23(25)17-32)20-11-13-27(33-18-20)36(5)6/h7-14,18,21,35H,15-16H2,1-6H3,(H,34,37). The number of carbonyl (C=O) groups excluding carboxylic acids is 1. The topological polar surface area (TPSA) is 90.3 Å². The molecule has 198 valence electrons. The van der Waals surface area contributed by atoms with Crippen LogP contribution in [0.3, 0.4) is 0 Å². The molecule has 1 aliphatic heterocycles. The second-order valence-electron chi connectivity index (χ2n) is 11.3. The molecule has 0 spiro atoms. The van der Waals surface area contributed by atoms with Crippen molar-refractivity contribution in [2.75, 3.05) is 19.0 Å². The summed E-state index contributed by atoms with van der Waals surface area (Å²) in [7, 11) is 3.84. The van der Waals surface area contributed by atoms with Crippen LogP contribution in [-0.2, 0) is 0 Å². The smallest absolute Gasteiger partial charge is 0.251 e. The van der Waals surface area contributed by atoms with E-state index in [-0.39, 0.29) is 28.0 Å². The molecular formula is C30H34ClN5O2. The molecule has 8 heteroatoms. The van der Waals surface area contributed by atoms with Gasteiger partial charge in [-0.3, -0.25) is 4.79 Å². The molecule has 0 unspecified atom stereocenters. The molecule has 1 aromatic heterocycles. The van der Waals surface area contributed by atoms with Gasteiger partial charge in [-0.2, -0.15) is 5.26 Å². The van der Waals surface area contributed by atoms with Crippen molar-refractivity contribution >= 4 is 23.3 Å². The number of ether oxygens (including phenoxy) is 1. The van der Waals surface area contributed by atoms with Crippen LogP contribution in [-0.4, -0.2) is 42.1 Å². The summed E-state index contributed by atoms with van der Waals surface area (Å²) in [6.45, 7) is 8.59. The zero-order valence-electron chi connectivity index (χ0n) is 22.7. The zero-order chi connectivity index (χ0) is 27.7. The van der Waals surface area contributed by atoms with Crippen molar-refractivity contribution < 1.29 is 9.53 Å². The highest BCUT2D eigenvalue weighted by molar-refractivity contribution is 6.32. The number of nitrogens with one attached hydrogen (secondary N) is 2. The lowest BCUT2D eigenvalue weighted by Gasteiger charge is -2.46. The van der Waals surface area contributed by atoms with Crippen molar-refractivity contribution in [3.8, 4) is 28.7 Å². The summed E-state index contributed by atoms with van der Waals surface area (Å²) in [6.07, 6.45) is 3.40. The third-order valence-electron chi connectivity index (χ3n) is 6.59. The molecule has 1 amide bonds.